The van der Waals surface area contributed by atoms with Crippen molar-refractivity contribution in [3.8, 4) is 0 Å². The van der Waals surface area contributed by atoms with E-state index in [2.05, 4.69) is 0 Å². The summed E-state index contributed by atoms with van der Waals surface area (Å²) in [7, 11) is -8.60. The number of aliphatic hydroxyl groups is 1. The average molecular weight is 433 g/mol. The summed E-state index contributed by atoms with van der Waals surface area (Å²) in [5.41, 5.74) is 0.410. The molecule has 0 radical (unpaired) electrons. The summed E-state index contributed by atoms with van der Waals surface area (Å²) < 4.78 is 69.7. The molecule has 0 aliphatic carbocycles. The Kier molecular flexibility index (Phi) is 7.22. The van der Waals surface area contributed by atoms with Crippen LogP contribution in [-0.2, 0) is 35.7 Å². The molecule has 0 spiro atoms. The third-order valence-electron chi connectivity index (χ3n) is 3.70. The van der Waals surface area contributed by atoms with Crippen LogP contribution in [0.4, 0.5) is 0 Å². The number of ether oxygens (including phenoxy) is 2. The third-order valence-corrected chi connectivity index (χ3v) is 5.35. The Bertz CT molecular complexity index is 953. The monoisotopic (exact) mass is 433 g/mol. The van der Waals surface area contributed by atoms with Crippen LogP contribution >= 0.6 is 0 Å². The Balaban J connectivity index is 0.000000500. The van der Waals surface area contributed by atoms with E-state index in [0.717, 1.165) is 3.97 Å². The zero-order valence-corrected chi connectivity index (χ0v) is 16.2. The minimum Gasteiger partial charge on any atom is -0.726 e. The number of nitrogens with zero attached hydrogens (tertiary/aromatic N) is 1. The lowest BCUT2D eigenvalue weighted by Gasteiger charge is -2.27. The molecule has 0 amide bonds. The van der Waals surface area contributed by atoms with Gasteiger partial charge in [0.25, 0.3) is 10.0 Å². The lowest BCUT2D eigenvalue weighted by molar-refractivity contribution is -0.228. The second kappa shape index (κ2) is 9.05. The molecule has 2 N–H and O–H groups in total. The van der Waals surface area contributed by atoms with E-state index < -0.39 is 26.2 Å². The number of hydrogen-bond donors (Lipinski definition) is 2. The Labute approximate surface area is 163 Å². The van der Waals surface area contributed by atoms with E-state index in [0.29, 0.717) is 25.0 Å². The van der Waals surface area contributed by atoms with Gasteiger partial charge in [-0.15, -0.1) is 0 Å². The average Bonchev–Trinajstić information content (AvgIpc) is 3.09. The molecule has 10 nitrogen and oxygen atoms in total. The van der Waals surface area contributed by atoms with E-state index in [9.17, 15) is 13.5 Å². The summed E-state index contributed by atoms with van der Waals surface area (Å²) in [4.78, 5) is 0.189. The van der Waals surface area contributed by atoms with Crippen molar-refractivity contribution in [2.75, 3.05) is 13.2 Å². The molecule has 3 rings (SSSR count). The second-order valence-corrected chi connectivity index (χ2v) is 8.38. The van der Waals surface area contributed by atoms with Crippen LogP contribution in [0.3, 0.4) is 0 Å². The van der Waals surface area contributed by atoms with E-state index in [4.69, 9.17) is 27.0 Å². The molecule has 1 unspecified atom stereocenters. The lowest BCUT2D eigenvalue weighted by atomic mass is 10.0. The highest BCUT2D eigenvalue weighted by Gasteiger charge is 2.35. The fraction of sp³-hybridized carbons (Fsp3) is 0.312. The van der Waals surface area contributed by atoms with Crippen molar-refractivity contribution in [2.45, 2.75) is 23.5 Å². The SMILES string of the molecule is O=S(=O)([O-])O.O=S(=O)(c1ccccc1)n1ccc(C2(O)CC[CH+]OCCO2)c1. The van der Waals surface area contributed by atoms with E-state index in [-0.39, 0.29) is 11.5 Å². The van der Waals surface area contributed by atoms with Crippen molar-refractivity contribution < 1.29 is 40.5 Å². The van der Waals surface area contributed by atoms with E-state index in [1.165, 1.54) is 24.5 Å². The molecule has 2 heterocycles. The van der Waals surface area contributed by atoms with Gasteiger partial charge in [-0.1, -0.05) is 18.2 Å². The molecule has 1 aliphatic rings. The molecule has 1 aliphatic heterocycles. The zero-order chi connectivity index (χ0) is 20.8. The highest BCUT2D eigenvalue weighted by molar-refractivity contribution is 7.90. The molecule has 12 heteroatoms. The van der Waals surface area contributed by atoms with Crippen LogP contribution in [-0.4, -0.2) is 48.2 Å². The third kappa shape index (κ3) is 6.31. The lowest BCUT2D eigenvalue weighted by Crippen LogP contribution is -2.32. The van der Waals surface area contributed by atoms with Gasteiger partial charge in [0.1, 0.15) is 13.0 Å². The quantitative estimate of drug-likeness (QED) is 0.407. The molecule has 1 aromatic carbocycles. The topological polar surface area (TPSA) is 155 Å². The van der Waals surface area contributed by atoms with Gasteiger partial charge in [-0.05, 0) is 18.2 Å². The Hall–Kier alpha value is -1.93. The molecule has 1 fully saturated rings. The predicted molar refractivity (Wildman–Crippen MR) is 95.1 cm³/mol. The summed E-state index contributed by atoms with van der Waals surface area (Å²) in [6.45, 7) is 2.21. The first-order valence-electron chi connectivity index (χ1n) is 7.99. The van der Waals surface area contributed by atoms with Gasteiger partial charge in [0.2, 0.25) is 17.0 Å². The standard InChI is InChI=1S/C16H18NO5S.H2O4S/c18-16(8-4-10-21-11-12-22-16)14-7-9-17(13-14)23(19,20)15-5-2-1-3-6-15;1-5(2,3)4/h1-3,5-7,9-10,13,18H,4,8,11-12H2;(H2,1,2,3,4)/q+1;/p-1. The van der Waals surface area contributed by atoms with Gasteiger partial charge in [-0.25, -0.2) is 20.8 Å². The van der Waals surface area contributed by atoms with Crippen LogP contribution < -0.4 is 0 Å². The smallest absolute Gasteiger partial charge is 0.267 e. The van der Waals surface area contributed by atoms with E-state index >= 15 is 0 Å². The second-order valence-electron chi connectivity index (χ2n) is 5.68. The maximum Gasteiger partial charge on any atom is 0.267 e. The van der Waals surface area contributed by atoms with E-state index in [1.807, 2.05) is 0 Å². The molecular weight excluding hydrogens is 414 g/mol. The highest BCUT2D eigenvalue weighted by Crippen LogP contribution is 2.31. The molecule has 1 aromatic heterocycles. The largest absolute Gasteiger partial charge is 0.726 e. The summed E-state index contributed by atoms with van der Waals surface area (Å²) in [5, 5.41) is 10.7. The molecule has 0 saturated carbocycles. The van der Waals surface area contributed by atoms with E-state index in [1.54, 1.807) is 30.9 Å². The number of hydrogen-bond acceptors (Lipinski definition) is 8. The van der Waals surface area contributed by atoms with Gasteiger partial charge in [0, 0.05) is 24.4 Å². The first-order valence-corrected chi connectivity index (χ1v) is 10.8. The van der Waals surface area contributed by atoms with Gasteiger partial charge >= 0.3 is 0 Å². The molecule has 0 bridgehead atoms. The molecule has 1 atom stereocenters. The van der Waals surface area contributed by atoms with Crippen LogP contribution in [0.15, 0.2) is 53.7 Å². The Morgan fingerprint density at radius 2 is 1.75 bits per heavy atom. The molecule has 2 aromatic rings. The Morgan fingerprint density at radius 3 is 2.39 bits per heavy atom. The van der Waals surface area contributed by atoms with Crippen molar-refractivity contribution >= 4 is 20.4 Å². The fourth-order valence-electron chi connectivity index (χ4n) is 2.45. The summed E-state index contributed by atoms with van der Waals surface area (Å²) in [6.07, 6.45) is 3.61. The van der Waals surface area contributed by atoms with Crippen LogP contribution in [0.25, 0.3) is 0 Å². The number of rotatable bonds is 3. The van der Waals surface area contributed by atoms with Crippen LogP contribution in [0.2, 0.25) is 0 Å². The van der Waals surface area contributed by atoms with Crippen molar-refractivity contribution in [1.29, 1.82) is 0 Å². The van der Waals surface area contributed by atoms with Crippen molar-refractivity contribution in [1.82, 2.24) is 3.97 Å². The summed E-state index contributed by atoms with van der Waals surface area (Å²) in [6, 6.07) is 9.70. The van der Waals surface area contributed by atoms with Crippen LogP contribution in [0, 0.1) is 6.61 Å². The highest BCUT2D eigenvalue weighted by atomic mass is 32.3. The van der Waals surface area contributed by atoms with Gasteiger partial charge < -0.3 is 14.4 Å². The van der Waals surface area contributed by atoms with Crippen LogP contribution in [0.5, 0.6) is 0 Å². The molecule has 28 heavy (non-hydrogen) atoms. The first-order chi connectivity index (χ1) is 13.0. The summed E-state index contributed by atoms with van der Waals surface area (Å²) in [5.74, 6) is -1.52. The van der Waals surface area contributed by atoms with Gasteiger partial charge in [-0.3, -0.25) is 4.55 Å². The number of benzene rings is 1. The first kappa shape index (κ1) is 22.4. The predicted octanol–water partition coefficient (Wildman–Crippen LogP) is 0.864. The molecule has 154 valence electrons. The molecular formula is C16H19NO9S2. The minimum absolute atomic E-state index is 0.189. The normalized spacial score (nSPS) is 20.8. The summed E-state index contributed by atoms with van der Waals surface area (Å²) >= 11 is 0. The number of aromatic nitrogens is 1. The Morgan fingerprint density at radius 1 is 1.11 bits per heavy atom. The molecule has 1 saturated heterocycles. The van der Waals surface area contributed by atoms with Crippen molar-refractivity contribution in [3.63, 3.8) is 0 Å². The van der Waals surface area contributed by atoms with Crippen molar-refractivity contribution in [2.24, 2.45) is 0 Å². The fourth-order valence-corrected chi connectivity index (χ4v) is 3.67. The maximum atomic E-state index is 12.6. The van der Waals surface area contributed by atoms with Gasteiger partial charge in [-0.2, -0.15) is 4.74 Å². The maximum absolute atomic E-state index is 12.6. The zero-order valence-electron chi connectivity index (χ0n) is 14.5. The van der Waals surface area contributed by atoms with Crippen LogP contribution in [0.1, 0.15) is 18.4 Å². The van der Waals surface area contributed by atoms with Gasteiger partial charge in [0.05, 0.1) is 11.5 Å². The van der Waals surface area contributed by atoms with Crippen molar-refractivity contribution in [3.05, 3.63) is 61.0 Å². The van der Waals surface area contributed by atoms with Gasteiger partial charge in [0.15, 0.2) is 5.79 Å². The minimum atomic E-state index is -4.92.